The van der Waals surface area contributed by atoms with E-state index in [1.807, 2.05) is 30.3 Å². The van der Waals surface area contributed by atoms with E-state index in [0.29, 0.717) is 6.42 Å². The molecule has 0 saturated carbocycles. The lowest BCUT2D eigenvalue weighted by Gasteiger charge is -2.28. The zero-order valence-electron chi connectivity index (χ0n) is 13.7. The highest BCUT2D eigenvalue weighted by atomic mass is 16.6. The molecule has 2 rings (SSSR count). The smallest absolute Gasteiger partial charge is 0.411 e. The van der Waals surface area contributed by atoms with Crippen molar-refractivity contribution in [3.63, 3.8) is 0 Å². The molecule has 0 radical (unpaired) electrons. The summed E-state index contributed by atoms with van der Waals surface area (Å²) in [5.41, 5.74) is 0.181. The fraction of sp³-hybridized carbons (Fsp3) is 0.529. The first-order chi connectivity index (χ1) is 10.8. The molecule has 1 saturated heterocycles. The number of amides is 1. The number of hydrogen-bond donors (Lipinski definition) is 1. The maximum atomic E-state index is 12.3. The maximum absolute atomic E-state index is 12.3. The van der Waals surface area contributed by atoms with Crippen LogP contribution in [0.4, 0.5) is 4.79 Å². The largest absolute Gasteiger partial charge is 0.459 e. The third-order valence-corrected chi connectivity index (χ3v) is 3.46. The van der Waals surface area contributed by atoms with E-state index < -0.39 is 29.8 Å². The summed E-state index contributed by atoms with van der Waals surface area (Å²) in [6.07, 6.45) is -1.23. The fourth-order valence-electron chi connectivity index (χ4n) is 2.40. The minimum absolute atomic E-state index is 0.102. The summed E-state index contributed by atoms with van der Waals surface area (Å²) in [6, 6.07) is 8.22. The molecule has 0 bridgehead atoms. The van der Waals surface area contributed by atoms with Crippen LogP contribution in [0.3, 0.4) is 0 Å². The summed E-state index contributed by atoms with van der Waals surface area (Å²) in [4.78, 5) is 25.7. The van der Waals surface area contributed by atoms with Crippen LogP contribution in [0.25, 0.3) is 0 Å². The van der Waals surface area contributed by atoms with Crippen LogP contribution >= 0.6 is 0 Å². The monoisotopic (exact) mass is 321 g/mol. The normalized spacial score (nSPS) is 21.1. The van der Waals surface area contributed by atoms with E-state index in [1.54, 1.807) is 20.8 Å². The van der Waals surface area contributed by atoms with Gasteiger partial charge in [-0.2, -0.15) is 0 Å². The molecule has 1 aliphatic heterocycles. The minimum Gasteiger partial charge on any atom is -0.459 e. The van der Waals surface area contributed by atoms with E-state index >= 15 is 0 Å². The van der Waals surface area contributed by atoms with Gasteiger partial charge in [0.2, 0.25) is 0 Å². The first kappa shape index (κ1) is 17.3. The van der Waals surface area contributed by atoms with E-state index in [2.05, 4.69) is 0 Å². The molecule has 1 amide bonds. The van der Waals surface area contributed by atoms with Crippen LogP contribution in [0.2, 0.25) is 0 Å². The van der Waals surface area contributed by atoms with Gasteiger partial charge in [-0.3, -0.25) is 4.90 Å². The number of likely N-dealkylation sites (tertiary alicyclic amines) is 1. The molecule has 23 heavy (non-hydrogen) atoms. The van der Waals surface area contributed by atoms with Gasteiger partial charge in [-0.15, -0.1) is 0 Å². The Labute approximate surface area is 136 Å². The molecule has 1 fully saturated rings. The quantitative estimate of drug-likeness (QED) is 0.863. The predicted molar refractivity (Wildman–Crippen MR) is 83.6 cm³/mol. The Kier molecular flexibility index (Phi) is 5.26. The average Bonchev–Trinajstić information content (AvgIpc) is 2.86. The van der Waals surface area contributed by atoms with E-state index in [4.69, 9.17) is 9.47 Å². The lowest BCUT2D eigenvalue weighted by molar-refractivity contribution is -0.153. The highest BCUT2D eigenvalue weighted by Crippen LogP contribution is 2.22. The van der Waals surface area contributed by atoms with Gasteiger partial charge in [0.25, 0.3) is 0 Å². The number of nitrogens with zero attached hydrogens (tertiary/aromatic N) is 1. The van der Waals surface area contributed by atoms with Crippen LogP contribution in [0, 0.1) is 0 Å². The number of carbonyl (C=O) groups excluding carboxylic acids is 2. The molecule has 6 nitrogen and oxygen atoms in total. The molecule has 126 valence electrons. The standard InChI is InChI=1S/C17H23NO5/c1-17(2,3)23-16(21)18-10-9-13(19)14(18)15(20)22-11-12-7-5-4-6-8-12/h4-8,13-14,19H,9-11H2,1-3H3/t13-,14-/m0/s1. The van der Waals surface area contributed by atoms with Crippen molar-refractivity contribution in [3.05, 3.63) is 35.9 Å². The van der Waals surface area contributed by atoms with E-state index in [9.17, 15) is 14.7 Å². The Morgan fingerprint density at radius 2 is 1.91 bits per heavy atom. The van der Waals surface area contributed by atoms with Gasteiger partial charge in [-0.1, -0.05) is 30.3 Å². The summed E-state index contributed by atoms with van der Waals surface area (Å²) < 4.78 is 10.5. The Morgan fingerprint density at radius 3 is 2.52 bits per heavy atom. The molecule has 1 heterocycles. The van der Waals surface area contributed by atoms with Crippen LogP contribution < -0.4 is 0 Å². The van der Waals surface area contributed by atoms with Crippen molar-refractivity contribution < 1.29 is 24.2 Å². The number of hydrogen-bond acceptors (Lipinski definition) is 5. The number of rotatable bonds is 3. The molecule has 0 aliphatic carbocycles. The Balaban J connectivity index is 1.99. The molecule has 0 unspecified atom stereocenters. The molecule has 1 aliphatic rings. The molecule has 0 aromatic heterocycles. The van der Waals surface area contributed by atoms with Gasteiger partial charge < -0.3 is 14.6 Å². The topological polar surface area (TPSA) is 76.1 Å². The summed E-state index contributed by atoms with van der Waals surface area (Å²) in [6.45, 7) is 5.62. The number of esters is 1. The van der Waals surface area contributed by atoms with Gasteiger partial charge in [0.15, 0.2) is 6.04 Å². The van der Waals surface area contributed by atoms with Gasteiger partial charge in [0.05, 0.1) is 6.10 Å². The molecule has 6 heteroatoms. The Hall–Kier alpha value is -2.08. The van der Waals surface area contributed by atoms with Crippen molar-refractivity contribution in [1.29, 1.82) is 0 Å². The Bertz CT molecular complexity index is 552. The van der Waals surface area contributed by atoms with Crippen molar-refractivity contribution in [2.45, 2.75) is 51.5 Å². The SMILES string of the molecule is CC(C)(C)OC(=O)N1CC[C@H](O)[C@H]1C(=O)OCc1ccccc1. The lowest BCUT2D eigenvalue weighted by atomic mass is 10.1. The zero-order chi connectivity index (χ0) is 17.0. The molecular formula is C17H23NO5. The second kappa shape index (κ2) is 7.00. The van der Waals surface area contributed by atoms with Gasteiger partial charge in [0.1, 0.15) is 12.2 Å². The van der Waals surface area contributed by atoms with Crippen molar-refractivity contribution in [3.8, 4) is 0 Å². The summed E-state index contributed by atoms with van der Waals surface area (Å²) in [5.74, 6) is -0.621. The van der Waals surface area contributed by atoms with E-state index in [-0.39, 0.29) is 13.2 Å². The highest BCUT2D eigenvalue weighted by Gasteiger charge is 2.43. The summed E-state index contributed by atoms with van der Waals surface area (Å²) >= 11 is 0. The molecule has 0 spiro atoms. The van der Waals surface area contributed by atoms with Crippen LogP contribution in [0.1, 0.15) is 32.8 Å². The van der Waals surface area contributed by atoms with Crippen LogP contribution in [0.5, 0.6) is 0 Å². The first-order valence-electron chi connectivity index (χ1n) is 7.66. The van der Waals surface area contributed by atoms with Gasteiger partial charge in [0, 0.05) is 6.54 Å². The maximum Gasteiger partial charge on any atom is 0.411 e. The first-order valence-corrected chi connectivity index (χ1v) is 7.66. The number of carbonyl (C=O) groups is 2. The molecular weight excluding hydrogens is 298 g/mol. The summed E-state index contributed by atoms with van der Waals surface area (Å²) in [7, 11) is 0. The highest BCUT2D eigenvalue weighted by molar-refractivity contribution is 5.83. The number of aliphatic hydroxyl groups excluding tert-OH is 1. The van der Waals surface area contributed by atoms with Gasteiger partial charge in [-0.25, -0.2) is 9.59 Å². The van der Waals surface area contributed by atoms with Gasteiger partial charge in [-0.05, 0) is 32.8 Å². The number of aliphatic hydroxyl groups is 1. The molecule has 1 aromatic rings. The third kappa shape index (κ3) is 4.69. The lowest BCUT2D eigenvalue weighted by Crippen LogP contribution is -2.47. The van der Waals surface area contributed by atoms with E-state index in [0.717, 1.165) is 5.56 Å². The average molecular weight is 321 g/mol. The Morgan fingerprint density at radius 1 is 1.26 bits per heavy atom. The van der Waals surface area contributed by atoms with E-state index in [1.165, 1.54) is 4.90 Å². The van der Waals surface area contributed by atoms with Gasteiger partial charge >= 0.3 is 12.1 Å². The van der Waals surface area contributed by atoms with Crippen molar-refractivity contribution >= 4 is 12.1 Å². The van der Waals surface area contributed by atoms with Crippen molar-refractivity contribution in [1.82, 2.24) is 4.90 Å². The van der Waals surface area contributed by atoms with Crippen molar-refractivity contribution in [2.75, 3.05) is 6.54 Å². The fourth-order valence-corrected chi connectivity index (χ4v) is 2.40. The molecule has 1 N–H and O–H groups in total. The molecule has 2 atom stereocenters. The number of ether oxygens (including phenoxy) is 2. The van der Waals surface area contributed by atoms with Crippen LogP contribution in [-0.2, 0) is 20.9 Å². The minimum atomic E-state index is -1.02. The number of benzene rings is 1. The van der Waals surface area contributed by atoms with Crippen LogP contribution in [-0.4, -0.2) is 46.4 Å². The summed E-state index contributed by atoms with van der Waals surface area (Å²) in [5, 5.41) is 10.0. The van der Waals surface area contributed by atoms with Crippen LogP contribution in [0.15, 0.2) is 30.3 Å². The second-order valence-electron chi connectivity index (χ2n) is 6.57. The predicted octanol–water partition coefficient (Wildman–Crippen LogP) is 2.10. The second-order valence-corrected chi connectivity index (χ2v) is 6.57. The van der Waals surface area contributed by atoms with Crippen molar-refractivity contribution in [2.24, 2.45) is 0 Å². The molecule has 1 aromatic carbocycles. The zero-order valence-corrected chi connectivity index (χ0v) is 13.7. The third-order valence-electron chi connectivity index (χ3n) is 3.46.